The zero-order chi connectivity index (χ0) is 21.7. The summed E-state index contributed by atoms with van der Waals surface area (Å²) in [5.41, 5.74) is -0.854. The van der Waals surface area contributed by atoms with E-state index in [-0.39, 0.29) is 22.6 Å². The molecule has 0 atom stereocenters. The first-order valence-corrected chi connectivity index (χ1v) is 8.17. The highest BCUT2D eigenvalue weighted by Gasteiger charge is 2.31. The number of alkyl halides is 6. The summed E-state index contributed by atoms with van der Waals surface area (Å²) < 4.78 is 76.3. The molecule has 2 aromatic rings. The maximum atomic E-state index is 12.7. The molecule has 0 aromatic heterocycles. The van der Waals surface area contributed by atoms with Crippen LogP contribution in [0, 0.1) is 0 Å². The maximum absolute atomic E-state index is 12.7. The first kappa shape index (κ1) is 22.3. The average Bonchev–Trinajstić information content (AvgIpc) is 2.66. The molecule has 0 bridgehead atoms. The van der Waals surface area contributed by atoms with Gasteiger partial charge in [-0.15, -0.1) is 0 Å². The van der Waals surface area contributed by atoms with Crippen LogP contribution in [0.15, 0.2) is 58.8 Å². The van der Waals surface area contributed by atoms with Crippen molar-refractivity contribution in [1.29, 1.82) is 0 Å². The van der Waals surface area contributed by atoms with Crippen molar-refractivity contribution < 1.29 is 36.0 Å². The lowest BCUT2D eigenvalue weighted by Gasteiger charge is -2.09. The summed E-state index contributed by atoms with van der Waals surface area (Å²) in [7, 11) is 0. The summed E-state index contributed by atoms with van der Waals surface area (Å²) in [6.07, 6.45) is -8.95. The Kier molecular flexibility index (Phi) is 6.89. The highest BCUT2D eigenvalue weighted by Crippen LogP contribution is 2.30. The Labute approximate surface area is 162 Å². The van der Waals surface area contributed by atoms with Gasteiger partial charge in [0.25, 0.3) is 6.79 Å². The number of benzene rings is 2. The van der Waals surface area contributed by atoms with Gasteiger partial charge in [0.2, 0.25) is 0 Å². The molecule has 0 unspecified atom stereocenters. The van der Waals surface area contributed by atoms with Crippen molar-refractivity contribution in [2.45, 2.75) is 26.2 Å². The molecule has 4 nitrogen and oxygen atoms in total. The summed E-state index contributed by atoms with van der Waals surface area (Å²) in [5.74, 6) is 0. The van der Waals surface area contributed by atoms with Gasteiger partial charge in [-0.2, -0.15) is 26.3 Å². The van der Waals surface area contributed by atoms with Gasteiger partial charge in [0.15, 0.2) is 0 Å². The van der Waals surface area contributed by atoms with Crippen molar-refractivity contribution in [1.82, 2.24) is 0 Å². The molecule has 29 heavy (non-hydrogen) atoms. The minimum atomic E-state index is -4.48. The Morgan fingerprint density at radius 1 is 0.724 bits per heavy atom. The van der Waals surface area contributed by atoms with E-state index >= 15 is 0 Å². The second-order valence-corrected chi connectivity index (χ2v) is 5.89. The SMILES string of the molecule is CC(=NOCON=C(C)c1cccc(C(F)(F)F)c1)c1cccc(C(F)(F)F)c1. The normalized spacial score (nSPS) is 13.4. The number of oxime groups is 2. The van der Waals surface area contributed by atoms with E-state index in [1.807, 2.05) is 0 Å². The molecule has 0 amide bonds. The van der Waals surface area contributed by atoms with Gasteiger partial charge in [-0.25, -0.2) is 0 Å². The van der Waals surface area contributed by atoms with Crippen LogP contribution in [0.3, 0.4) is 0 Å². The van der Waals surface area contributed by atoms with E-state index in [0.717, 1.165) is 24.3 Å². The van der Waals surface area contributed by atoms with Crippen LogP contribution in [0.2, 0.25) is 0 Å². The van der Waals surface area contributed by atoms with Gasteiger partial charge in [0.05, 0.1) is 22.6 Å². The first-order valence-electron chi connectivity index (χ1n) is 8.17. The fraction of sp³-hybridized carbons (Fsp3) is 0.263. The summed E-state index contributed by atoms with van der Waals surface area (Å²) in [6.45, 7) is 2.42. The fourth-order valence-corrected chi connectivity index (χ4v) is 2.22. The minimum Gasteiger partial charge on any atom is -0.352 e. The highest BCUT2D eigenvalue weighted by atomic mass is 19.4. The van der Waals surface area contributed by atoms with Crippen LogP contribution >= 0.6 is 0 Å². The lowest BCUT2D eigenvalue weighted by molar-refractivity contribution is -0.138. The second kappa shape index (κ2) is 8.97. The standard InChI is InChI=1S/C19H16F6N2O2/c1-12(14-5-3-7-16(9-14)18(20,21)22)26-28-11-29-27-13(2)15-6-4-8-17(10-15)19(23,24)25/h3-10H,11H2,1-2H3. The Hall–Kier alpha value is -3.04. The van der Waals surface area contributed by atoms with Crippen molar-refractivity contribution in [3.8, 4) is 0 Å². The Morgan fingerprint density at radius 2 is 1.10 bits per heavy atom. The Morgan fingerprint density at radius 3 is 1.45 bits per heavy atom. The zero-order valence-electron chi connectivity index (χ0n) is 15.3. The van der Waals surface area contributed by atoms with Crippen molar-refractivity contribution in [2.75, 3.05) is 6.79 Å². The van der Waals surface area contributed by atoms with Gasteiger partial charge >= 0.3 is 12.4 Å². The summed E-state index contributed by atoms with van der Waals surface area (Å²) >= 11 is 0. The molecule has 2 rings (SSSR count). The third-order valence-electron chi connectivity index (χ3n) is 3.72. The second-order valence-electron chi connectivity index (χ2n) is 5.89. The van der Waals surface area contributed by atoms with E-state index in [0.29, 0.717) is 0 Å². The Bertz CT molecular complexity index is 831. The molecule has 0 radical (unpaired) electrons. The van der Waals surface area contributed by atoms with Gasteiger partial charge in [-0.1, -0.05) is 34.6 Å². The summed E-state index contributed by atoms with van der Waals surface area (Å²) in [4.78, 5) is 9.67. The number of halogens is 6. The molecule has 0 fully saturated rings. The van der Waals surface area contributed by atoms with E-state index < -0.39 is 30.3 Å². The molecule has 156 valence electrons. The monoisotopic (exact) mass is 418 g/mol. The maximum Gasteiger partial charge on any atom is 0.416 e. The van der Waals surface area contributed by atoms with E-state index in [1.54, 1.807) is 0 Å². The average molecular weight is 418 g/mol. The van der Waals surface area contributed by atoms with Crippen LogP contribution in [0.1, 0.15) is 36.1 Å². The molecular formula is C19H16F6N2O2. The molecule has 10 heteroatoms. The summed E-state index contributed by atoms with van der Waals surface area (Å²) in [6, 6.07) is 9.10. The van der Waals surface area contributed by atoms with Crippen molar-refractivity contribution in [3.63, 3.8) is 0 Å². The molecule has 2 aromatic carbocycles. The molecule has 0 aliphatic heterocycles. The predicted molar refractivity (Wildman–Crippen MR) is 94.3 cm³/mol. The van der Waals surface area contributed by atoms with Gasteiger partial charge in [-0.3, -0.25) is 0 Å². The van der Waals surface area contributed by atoms with Crippen LogP contribution in [0.5, 0.6) is 0 Å². The van der Waals surface area contributed by atoms with Gasteiger partial charge in [0, 0.05) is 0 Å². The third kappa shape index (κ3) is 6.51. The van der Waals surface area contributed by atoms with Crippen LogP contribution in [0.4, 0.5) is 26.3 Å². The van der Waals surface area contributed by atoms with E-state index in [9.17, 15) is 26.3 Å². The van der Waals surface area contributed by atoms with E-state index in [1.165, 1.54) is 38.1 Å². The van der Waals surface area contributed by atoms with Crippen LogP contribution in [-0.2, 0) is 22.0 Å². The number of rotatable bonds is 6. The minimum absolute atomic E-state index is 0.179. The molecule has 0 saturated carbocycles. The number of hydrogen-bond acceptors (Lipinski definition) is 4. The molecular weight excluding hydrogens is 402 g/mol. The Balaban J connectivity index is 1.95. The molecule has 0 aliphatic carbocycles. The van der Waals surface area contributed by atoms with Gasteiger partial charge in [0.1, 0.15) is 0 Å². The summed E-state index contributed by atoms with van der Waals surface area (Å²) in [5, 5.41) is 7.28. The first-order chi connectivity index (χ1) is 13.5. The zero-order valence-corrected chi connectivity index (χ0v) is 15.3. The number of hydrogen-bond donors (Lipinski definition) is 0. The fourth-order valence-electron chi connectivity index (χ4n) is 2.22. The molecule has 0 N–H and O–H groups in total. The van der Waals surface area contributed by atoms with Crippen LogP contribution in [-0.4, -0.2) is 18.2 Å². The lowest BCUT2D eigenvalue weighted by Crippen LogP contribution is -2.07. The molecule has 0 saturated heterocycles. The third-order valence-corrected chi connectivity index (χ3v) is 3.72. The number of nitrogens with zero attached hydrogens (tertiary/aromatic N) is 2. The predicted octanol–water partition coefficient (Wildman–Crippen LogP) is 5.86. The molecule has 0 heterocycles. The van der Waals surface area contributed by atoms with Crippen molar-refractivity contribution >= 4 is 11.4 Å². The highest BCUT2D eigenvalue weighted by molar-refractivity contribution is 5.99. The van der Waals surface area contributed by atoms with E-state index in [4.69, 9.17) is 9.68 Å². The topological polar surface area (TPSA) is 43.2 Å². The smallest absolute Gasteiger partial charge is 0.352 e. The quantitative estimate of drug-likeness (QED) is 0.194. The largest absolute Gasteiger partial charge is 0.416 e. The van der Waals surface area contributed by atoms with Crippen LogP contribution in [0.25, 0.3) is 0 Å². The van der Waals surface area contributed by atoms with Crippen molar-refractivity contribution in [2.24, 2.45) is 10.3 Å². The van der Waals surface area contributed by atoms with Crippen LogP contribution < -0.4 is 0 Å². The van der Waals surface area contributed by atoms with Gasteiger partial charge in [-0.05, 0) is 49.2 Å². The molecule has 0 spiro atoms. The van der Waals surface area contributed by atoms with Crippen molar-refractivity contribution in [3.05, 3.63) is 70.8 Å². The van der Waals surface area contributed by atoms with E-state index in [2.05, 4.69) is 10.3 Å². The lowest BCUT2D eigenvalue weighted by atomic mass is 10.1. The molecule has 0 aliphatic rings. The van der Waals surface area contributed by atoms with Gasteiger partial charge < -0.3 is 9.68 Å².